The molecule has 0 atom stereocenters. The van der Waals surface area contributed by atoms with Crippen molar-refractivity contribution in [2.24, 2.45) is 5.92 Å². The van der Waals surface area contributed by atoms with Crippen molar-refractivity contribution >= 4 is 35.4 Å². The number of carboxylic acid groups (broad SMARTS) is 2. The molecule has 0 heterocycles. The van der Waals surface area contributed by atoms with E-state index in [2.05, 4.69) is 0 Å². The molecule has 11 nitrogen and oxygen atoms in total. The zero-order valence-corrected chi connectivity index (χ0v) is 23.3. The summed E-state index contributed by atoms with van der Waals surface area (Å²) in [6, 6.07) is 4.77. The second-order valence-electron chi connectivity index (χ2n) is 8.60. The molecular weight excluding hydrogens is 503 g/mol. The summed E-state index contributed by atoms with van der Waals surface area (Å²) in [5.41, 5.74) is 0.970. The number of aliphatic carboxylic acids is 1. The molecule has 0 aliphatic rings. The third-order valence-corrected chi connectivity index (χ3v) is 6.57. The highest BCUT2D eigenvalue weighted by Crippen LogP contribution is 2.39. The van der Waals surface area contributed by atoms with Crippen LogP contribution in [0.25, 0.3) is 0 Å². The van der Waals surface area contributed by atoms with E-state index in [-0.39, 0.29) is 23.2 Å². The van der Waals surface area contributed by atoms with Gasteiger partial charge in [-0.2, -0.15) is 8.42 Å². The zero-order chi connectivity index (χ0) is 28.9. The summed E-state index contributed by atoms with van der Waals surface area (Å²) in [7, 11) is -7.48. The number of carbonyl (C=O) groups is 3. The molecule has 1 aromatic rings. The van der Waals surface area contributed by atoms with Gasteiger partial charge >= 0.3 is 19.5 Å². The molecular formula is C22H39O11PS. The van der Waals surface area contributed by atoms with Crippen LogP contribution in [0.4, 0.5) is 0 Å². The first-order valence-corrected chi connectivity index (χ1v) is 13.8. The van der Waals surface area contributed by atoms with Crippen molar-refractivity contribution in [2.45, 2.75) is 79.1 Å². The number of carbonyl (C=O) groups excluding carboxylic acids is 1. The van der Waals surface area contributed by atoms with Crippen LogP contribution in [0.1, 0.15) is 94.5 Å². The van der Waals surface area contributed by atoms with Gasteiger partial charge in [0.05, 0.1) is 22.4 Å². The van der Waals surface area contributed by atoms with Gasteiger partial charge in [0.1, 0.15) is 0 Å². The molecule has 0 aliphatic heterocycles. The number of aromatic carboxylic acids is 1. The molecule has 0 spiro atoms. The first kappa shape index (κ1) is 37.4. The molecule has 35 heavy (non-hydrogen) atoms. The van der Waals surface area contributed by atoms with Crippen LogP contribution in [0, 0.1) is 5.92 Å². The highest BCUT2D eigenvalue weighted by atomic mass is 32.2. The summed E-state index contributed by atoms with van der Waals surface area (Å²) < 4.78 is 37.9. The number of hydrogen-bond acceptors (Lipinski definition) is 6. The fourth-order valence-electron chi connectivity index (χ4n) is 1.31. The molecule has 0 fully saturated rings. The van der Waals surface area contributed by atoms with Crippen LogP contribution < -0.4 is 0 Å². The SMILES string of the molecule is CC(=O)c1cc(C(=O)O)cc(C(C)C)c1.CC(C)C(=O)O.CC(C)P(=O)(O)O.CC(C)S(=O)(=O)O. The topological polar surface area (TPSA) is 204 Å². The van der Waals surface area contributed by atoms with Gasteiger partial charge < -0.3 is 20.0 Å². The second-order valence-corrected chi connectivity index (χ2v) is 12.8. The fraction of sp³-hybridized carbons (Fsp3) is 0.591. The van der Waals surface area contributed by atoms with E-state index in [9.17, 15) is 27.4 Å². The largest absolute Gasteiger partial charge is 0.481 e. The van der Waals surface area contributed by atoms with Crippen LogP contribution in [-0.2, 0) is 19.5 Å². The van der Waals surface area contributed by atoms with Crippen molar-refractivity contribution in [2.75, 3.05) is 0 Å². The summed E-state index contributed by atoms with van der Waals surface area (Å²) >= 11 is 0. The van der Waals surface area contributed by atoms with Crippen molar-refractivity contribution in [1.29, 1.82) is 0 Å². The molecule has 0 aromatic heterocycles. The lowest BCUT2D eigenvalue weighted by Crippen LogP contribution is -2.10. The quantitative estimate of drug-likeness (QED) is 0.195. The standard InChI is InChI=1S/C12H14O3.C4H8O2.C3H9O3P.C3H8O3S/c1-7(2)9-4-10(8(3)13)6-11(5-9)12(14)15;1-3(2)4(5)6;2*1-3(2)7(4,5)6/h4-7H,1-3H3,(H,14,15);3H,1-2H3,(H,5,6);3H,1-2H3,(H2,4,5,6);3H,1-2H3,(H,4,5,6). The Labute approximate surface area is 207 Å². The smallest absolute Gasteiger partial charge is 0.335 e. The Balaban J connectivity index is -0.000000432. The number of rotatable bonds is 6. The van der Waals surface area contributed by atoms with Gasteiger partial charge in [-0.25, -0.2) is 4.79 Å². The predicted molar refractivity (Wildman–Crippen MR) is 134 cm³/mol. The molecule has 0 radical (unpaired) electrons. The number of benzene rings is 1. The molecule has 1 aromatic carbocycles. The predicted octanol–water partition coefficient (Wildman–Crippen LogP) is 4.29. The average molecular weight is 543 g/mol. The number of Topliss-reactive ketones (excluding diaryl/α,β-unsaturated/α-hetero) is 1. The molecule has 0 saturated heterocycles. The summed E-state index contributed by atoms with van der Waals surface area (Å²) in [5, 5.41) is 16.2. The first-order chi connectivity index (χ1) is 15.4. The van der Waals surface area contributed by atoms with Crippen molar-refractivity contribution in [3.05, 3.63) is 34.9 Å². The lowest BCUT2D eigenvalue weighted by Gasteiger charge is -2.08. The van der Waals surface area contributed by atoms with Crippen molar-refractivity contribution in [3.8, 4) is 0 Å². The minimum absolute atomic E-state index is 0.111. The molecule has 0 aliphatic carbocycles. The number of carboxylic acids is 2. The monoisotopic (exact) mass is 542 g/mol. The highest BCUT2D eigenvalue weighted by molar-refractivity contribution is 7.86. The Morgan fingerprint density at radius 3 is 1.31 bits per heavy atom. The summed E-state index contributed by atoms with van der Waals surface area (Å²) in [6.07, 6.45) is 0. The van der Waals surface area contributed by atoms with Gasteiger partial charge in [0.15, 0.2) is 5.78 Å². The fourth-order valence-corrected chi connectivity index (χ4v) is 1.31. The highest BCUT2D eigenvalue weighted by Gasteiger charge is 2.17. The zero-order valence-electron chi connectivity index (χ0n) is 21.6. The van der Waals surface area contributed by atoms with Crippen molar-refractivity contribution in [1.82, 2.24) is 0 Å². The van der Waals surface area contributed by atoms with Gasteiger partial charge in [0, 0.05) is 5.56 Å². The lowest BCUT2D eigenvalue weighted by atomic mass is 9.96. The van der Waals surface area contributed by atoms with Gasteiger partial charge in [-0.05, 0) is 50.5 Å². The lowest BCUT2D eigenvalue weighted by molar-refractivity contribution is -0.140. The third-order valence-electron chi connectivity index (χ3n) is 4.04. The van der Waals surface area contributed by atoms with E-state index in [0.29, 0.717) is 5.56 Å². The number of ketones is 1. The van der Waals surface area contributed by atoms with E-state index < -0.39 is 40.6 Å². The maximum Gasteiger partial charge on any atom is 0.335 e. The van der Waals surface area contributed by atoms with E-state index in [4.69, 9.17) is 24.6 Å². The Kier molecular flexibility index (Phi) is 17.7. The number of hydrogen-bond donors (Lipinski definition) is 5. The maximum atomic E-state index is 11.2. The molecule has 0 saturated carbocycles. The molecule has 0 bridgehead atoms. The van der Waals surface area contributed by atoms with Crippen LogP contribution in [0.15, 0.2) is 18.2 Å². The van der Waals surface area contributed by atoms with E-state index >= 15 is 0 Å². The second kappa shape index (κ2) is 16.5. The Morgan fingerprint density at radius 1 is 0.829 bits per heavy atom. The minimum Gasteiger partial charge on any atom is -0.481 e. The summed E-state index contributed by atoms with van der Waals surface area (Å²) in [4.78, 5) is 48.2. The molecule has 0 unspecified atom stereocenters. The molecule has 204 valence electrons. The Morgan fingerprint density at radius 2 is 1.14 bits per heavy atom. The van der Waals surface area contributed by atoms with Gasteiger partial charge in [-0.1, -0.05) is 41.5 Å². The van der Waals surface area contributed by atoms with Gasteiger partial charge in [0.2, 0.25) is 0 Å². The van der Waals surface area contributed by atoms with Gasteiger partial charge in [-0.3, -0.25) is 18.7 Å². The maximum absolute atomic E-state index is 11.2. The Hall–Kier alpha value is -2.11. The normalized spacial score (nSPS) is 11.1. The van der Waals surface area contributed by atoms with Crippen molar-refractivity contribution in [3.63, 3.8) is 0 Å². The molecule has 0 amide bonds. The van der Waals surface area contributed by atoms with Crippen LogP contribution in [0.2, 0.25) is 0 Å². The molecule has 1 rings (SSSR count). The third kappa shape index (κ3) is 19.8. The van der Waals surface area contributed by atoms with Crippen LogP contribution in [0.3, 0.4) is 0 Å². The van der Waals surface area contributed by atoms with E-state index in [0.717, 1.165) is 5.56 Å². The summed E-state index contributed by atoms with van der Waals surface area (Å²) in [6.45, 7) is 14.4. The van der Waals surface area contributed by atoms with Gasteiger partial charge in [0.25, 0.3) is 10.1 Å². The average Bonchev–Trinajstić information content (AvgIpc) is 2.67. The van der Waals surface area contributed by atoms with Crippen molar-refractivity contribution < 1.29 is 51.9 Å². The Bertz CT molecular complexity index is 943. The van der Waals surface area contributed by atoms with E-state index in [1.54, 1.807) is 26.0 Å². The van der Waals surface area contributed by atoms with E-state index in [1.807, 2.05) is 13.8 Å². The van der Waals surface area contributed by atoms with Crippen LogP contribution in [-0.4, -0.2) is 61.6 Å². The molecule has 13 heteroatoms. The van der Waals surface area contributed by atoms with Gasteiger partial charge in [-0.15, -0.1) is 0 Å². The van der Waals surface area contributed by atoms with Crippen LogP contribution in [0.5, 0.6) is 0 Å². The summed E-state index contributed by atoms with van der Waals surface area (Å²) in [5.74, 6) is -1.87. The minimum atomic E-state index is -3.74. The van der Waals surface area contributed by atoms with Crippen LogP contribution >= 0.6 is 7.60 Å². The molecule has 5 N–H and O–H groups in total. The first-order valence-electron chi connectivity index (χ1n) is 10.6. The van der Waals surface area contributed by atoms with E-state index in [1.165, 1.54) is 40.7 Å².